The number of carbonyl (C=O) groups is 2. The lowest BCUT2D eigenvalue weighted by molar-refractivity contribution is -0.636. The van der Waals surface area contributed by atoms with E-state index in [0.29, 0.717) is 19.0 Å². The van der Waals surface area contributed by atoms with Crippen LogP contribution >= 0.6 is 0 Å². The first-order valence-electron chi connectivity index (χ1n) is 8.56. The van der Waals surface area contributed by atoms with Crippen LogP contribution in [0.4, 0.5) is 0 Å². The maximum Gasteiger partial charge on any atom is 0.443 e. The number of benzene rings is 2. The topological polar surface area (TPSA) is 78.9 Å². The van der Waals surface area contributed by atoms with Crippen molar-refractivity contribution < 1.29 is 49.1 Å². The van der Waals surface area contributed by atoms with Gasteiger partial charge in [0.1, 0.15) is 11.5 Å². The zero-order chi connectivity index (χ0) is 20.1. The molecule has 0 amide bonds. The van der Waals surface area contributed by atoms with Crippen LogP contribution < -0.4 is 30.7 Å². The fraction of sp³-hybridized carbons (Fsp3) is 0. The third-order valence-electron chi connectivity index (χ3n) is 3.64. The lowest BCUT2D eigenvalue weighted by Gasteiger charge is -2.00. The van der Waals surface area contributed by atoms with Crippen molar-refractivity contribution in [1.29, 1.82) is 0 Å². The van der Waals surface area contributed by atoms with Gasteiger partial charge >= 0.3 is 40.7 Å². The number of hydrogen-bond acceptors (Lipinski definition) is 6. The minimum absolute atomic E-state index is 0.110. The Morgan fingerprint density at radius 1 is 0.586 bits per heavy atom. The Balaban J connectivity index is 1.38. The highest BCUT2D eigenvalue weighted by Crippen LogP contribution is 2.13. The first-order valence-corrected chi connectivity index (χ1v) is 10.7. The summed E-state index contributed by atoms with van der Waals surface area (Å²) < 4.78 is 22.9. The Morgan fingerprint density at radius 2 is 1.00 bits per heavy atom. The van der Waals surface area contributed by atoms with Crippen LogP contribution in [0.3, 0.4) is 0 Å². The van der Waals surface area contributed by atoms with E-state index in [1.807, 2.05) is 12.1 Å². The van der Waals surface area contributed by atoms with Crippen molar-refractivity contribution in [3.05, 3.63) is 104 Å². The molecule has 29 heavy (non-hydrogen) atoms. The monoisotopic (exact) mass is 501 g/mol. The summed E-state index contributed by atoms with van der Waals surface area (Å²) in [7, 11) is 0. The molecule has 0 bridgehead atoms. The molecule has 0 N–H and O–H groups in total. The average molecular weight is 501 g/mol. The predicted octanol–water partition coefficient (Wildman–Crippen LogP) is 1.44. The summed E-state index contributed by atoms with van der Waals surface area (Å²) in [6, 6.07) is 24.1. The smallest absolute Gasteiger partial charge is 0.421 e. The van der Waals surface area contributed by atoms with Crippen LogP contribution in [0.2, 0.25) is 0 Å². The SMILES string of the molecule is O=C(Oc1ccccc1)c1ccc([I+]c2ccc(C(=O)Oc3ccccc3)o2)o1. The minimum Gasteiger partial charge on any atom is -0.421 e. The Labute approximate surface area is 176 Å². The second kappa shape index (κ2) is 8.78. The summed E-state index contributed by atoms with van der Waals surface area (Å²) in [5.74, 6) is -0.0378. The molecule has 0 atom stereocenters. The number of para-hydroxylation sites is 2. The van der Waals surface area contributed by atoms with Gasteiger partial charge in [0.2, 0.25) is 11.5 Å². The quantitative estimate of drug-likeness (QED) is 0.226. The van der Waals surface area contributed by atoms with Crippen LogP contribution in [0.15, 0.2) is 93.8 Å². The highest BCUT2D eigenvalue weighted by molar-refractivity contribution is 5.88. The molecule has 2 aromatic heterocycles. The van der Waals surface area contributed by atoms with Gasteiger partial charge in [0.15, 0.2) is 0 Å². The average Bonchev–Trinajstić information content (AvgIpc) is 3.40. The van der Waals surface area contributed by atoms with Crippen molar-refractivity contribution in [2.75, 3.05) is 0 Å². The number of carbonyl (C=O) groups excluding carboxylic acids is 2. The lowest BCUT2D eigenvalue weighted by atomic mass is 10.3. The molecular formula is C22H14IO6+. The first kappa shape index (κ1) is 19.0. The number of halogens is 1. The zero-order valence-electron chi connectivity index (χ0n) is 14.9. The van der Waals surface area contributed by atoms with Gasteiger partial charge < -0.3 is 18.3 Å². The zero-order valence-corrected chi connectivity index (χ0v) is 17.1. The van der Waals surface area contributed by atoms with E-state index in [1.165, 1.54) is 0 Å². The van der Waals surface area contributed by atoms with Gasteiger partial charge in [-0.3, -0.25) is 0 Å². The summed E-state index contributed by atoms with van der Waals surface area (Å²) in [5, 5.41) is 0. The minimum atomic E-state index is -0.851. The van der Waals surface area contributed by atoms with Crippen LogP contribution in [0, 0.1) is 7.53 Å². The third kappa shape index (κ3) is 4.94. The van der Waals surface area contributed by atoms with E-state index in [-0.39, 0.29) is 11.5 Å². The molecule has 0 saturated carbocycles. The fourth-order valence-electron chi connectivity index (χ4n) is 2.33. The second-order valence-electron chi connectivity index (χ2n) is 5.71. The van der Waals surface area contributed by atoms with Crippen molar-refractivity contribution in [2.24, 2.45) is 0 Å². The molecular weight excluding hydrogens is 487 g/mol. The van der Waals surface area contributed by atoms with Gasteiger partial charge in [0.25, 0.3) is 0 Å². The van der Waals surface area contributed by atoms with Crippen LogP contribution in [0.25, 0.3) is 0 Å². The Morgan fingerprint density at radius 3 is 1.41 bits per heavy atom. The van der Waals surface area contributed by atoms with E-state index >= 15 is 0 Å². The molecule has 0 aliphatic rings. The summed E-state index contributed by atoms with van der Waals surface area (Å²) in [6.07, 6.45) is 0. The fourth-order valence-corrected chi connectivity index (χ4v) is 4.27. The third-order valence-corrected chi connectivity index (χ3v) is 5.87. The van der Waals surface area contributed by atoms with E-state index in [1.54, 1.807) is 72.8 Å². The lowest BCUT2D eigenvalue weighted by Crippen LogP contribution is -3.61. The first-order chi connectivity index (χ1) is 14.2. The summed E-state index contributed by atoms with van der Waals surface area (Å²) in [6.45, 7) is 0. The molecule has 6 nitrogen and oxygen atoms in total. The predicted molar refractivity (Wildman–Crippen MR) is 97.6 cm³/mol. The van der Waals surface area contributed by atoms with E-state index < -0.39 is 33.1 Å². The number of hydrogen-bond donors (Lipinski definition) is 0. The van der Waals surface area contributed by atoms with Crippen molar-refractivity contribution in [1.82, 2.24) is 0 Å². The second-order valence-corrected chi connectivity index (χ2v) is 8.37. The van der Waals surface area contributed by atoms with Crippen molar-refractivity contribution in [2.45, 2.75) is 0 Å². The highest BCUT2D eigenvalue weighted by Gasteiger charge is 2.28. The summed E-state index contributed by atoms with van der Waals surface area (Å²) in [4.78, 5) is 24.3. The van der Waals surface area contributed by atoms with Crippen molar-refractivity contribution in [3.8, 4) is 11.5 Å². The van der Waals surface area contributed by atoms with Crippen LogP contribution in [-0.4, -0.2) is 11.9 Å². The summed E-state index contributed by atoms with van der Waals surface area (Å²) in [5.41, 5.74) is 0. The van der Waals surface area contributed by atoms with Crippen LogP contribution in [0.5, 0.6) is 11.5 Å². The molecule has 2 heterocycles. The van der Waals surface area contributed by atoms with E-state index in [4.69, 9.17) is 18.3 Å². The van der Waals surface area contributed by atoms with E-state index in [2.05, 4.69) is 0 Å². The van der Waals surface area contributed by atoms with Crippen LogP contribution in [0.1, 0.15) is 21.1 Å². The van der Waals surface area contributed by atoms with Crippen molar-refractivity contribution in [3.63, 3.8) is 0 Å². The van der Waals surface area contributed by atoms with Gasteiger partial charge in [0.05, 0.1) is 0 Å². The summed E-state index contributed by atoms with van der Waals surface area (Å²) >= 11 is -0.851. The molecule has 0 unspecified atom stereocenters. The molecule has 144 valence electrons. The molecule has 2 aromatic carbocycles. The van der Waals surface area contributed by atoms with Gasteiger partial charge in [-0.1, -0.05) is 36.4 Å². The number of furan rings is 2. The Bertz CT molecular complexity index is 1020. The van der Waals surface area contributed by atoms with Gasteiger partial charge in [-0.05, 0) is 36.4 Å². The molecule has 0 spiro atoms. The van der Waals surface area contributed by atoms with Gasteiger partial charge in [-0.15, -0.1) is 0 Å². The van der Waals surface area contributed by atoms with E-state index in [0.717, 1.165) is 0 Å². The number of esters is 2. The molecule has 0 radical (unpaired) electrons. The molecule has 7 heteroatoms. The molecule has 4 aromatic rings. The maximum atomic E-state index is 12.2. The van der Waals surface area contributed by atoms with Gasteiger partial charge in [0, 0.05) is 12.1 Å². The Kier molecular flexibility index (Phi) is 5.76. The molecule has 0 aliphatic heterocycles. The molecule has 0 fully saturated rings. The normalized spacial score (nSPS) is 10.5. The van der Waals surface area contributed by atoms with Gasteiger partial charge in [-0.2, -0.15) is 0 Å². The maximum absolute atomic E-state index is 12.2. The number of rotatable bonds is 6. The van der Waals surface area contributed by atoms with Gasteiger partial charge in [-0.25, -0.2) is 9.59 Å². The Hall–Kier alpha value is -3.33. The van der Waals surface area contributed by atoms with E-state index in [9.17, 15) is 9.59 Å². The molecule has 0 saturated heterocycles. The standard InChI is InChI=1S/C22H14IO6/c24-21(26-15-7-3-1-4-8-15)17-11-13-19(28-17)23-20-14-12-18(29-20)22(25)27-16-9-5-2-6-10-16/h1-14H/q+1. The largest absolute Gasteiger partial charge is 0.443 e. The molecule has 4 rings (SSSR count). The number of ether oxygens (including phenoxy) is 2. The van der Waals surface area contributed by atoms with Crippen molar-refractivity contribution >= 4 is 11.9 Å². The van der Waals surface area contributed by atoms with Crippen LogP contribution in [-0.2, 0) is 0 Å². The molecule has 0 aliphatic carbocycles. The highest BCUT2D eigenvalue weighted by atomic mass is 127.